The molecule has 0 saturated heterocycles. The highest BCUT2D eigenvalue weighted by Gasteiger charge is 1.82. The van der Waals surface area contributed by atoms with E-state index < -0.39 is 0 Å². The molecule has 1 rings (SSSR count). The van der Waals surface area contributed by atoms with Crippen LogP contribution in [0.25, 0.3) is 0 Å². The highest BCUT2D eigenvalue weighted by molar-refractivity contribution is 7.80. The number of thiol groups is 1. The van der Waals surface area contributed by atoms with Crippen molar-refractivity contribution in [2.45, 2.75) is 11.9 Å². The Kier molecular flexibility index (Phi) is 1.53. The van der Waals surface area contributed by atoms with Crippen LogP contribution >= 0.6 is 12.6 Å². The lowest BCUT2D eigenvalue weighted by Gasteiger charge is -1.89. The van der Waals surface area contributed by atoms with E-state index in [-0.39, 0.29) is 0 Å². The Morgan fingerprint density at radius 3 is 2.75 bits per heavy atom. The van der Waals surface area contributed by atoms with Crippen LogP contribution in [0.4, 0.5) is 0 Å². The minimum Gasteiger partial charge on any atom is -0.250 e. The van der Waals surface area contributed by atoms with Crippen molar-refractivity contribution in [1.82, 2.24) is 4.98 Å². The summed E-state index contributed by atoms with van der Waals surface area (Å²) in [5.74, 6) is 0. The van der Waals surface area contributed by atoms with Gasteiger partial charge in [-0.15, -0.1) is 12.6 Å². The minimum atomic E-state index is 0.782. The summed E-state index contributed by atoms with van der Waals surface area (Å²) >= 11 is 4.04. The Labute approximate surface area is 54.2 Å². The molecule has 1 heterocycles. The van der Waals surface area contributed by atoms with E-state index in [9.17, 15) is 0 Å². The highest BCUT2D eigenvalue weighted by atomic mass is 32.1. The minimum absolute atomic E-state index is 0.782. The van der Waals surface area contributed by atoms with E-state index in [4.69, 9.17) is 0 Å². The van der Waals surface area contributed by atoms with Crippen molar-refractivity contribution in [3.63, 3.8) is 0 Å². The fourth-order valence-corrected chi connectivity index (χ4v) is 0.791. The molecule has 0 bridgehead atoms. The summed E-state index contributed by atoms with van der Waals surface area (Å²) in [6.45, 7) is 2.02. The van der Waals surface area contributed by atoms with Crippen molar-refractivity contribution in [1.29, 1.82) is 0 Å². The number of nitrogens with zero attached hydrogens (tertiary/aromatic N) is 1. The number of aryl methyl sites for hydroxylation is 1. The van der Waals surface area contributed by atoms with E-state index in [1.54, 1.807) is 6.20 Å². The first-order valence-corrected chi connectivity index (χ1v) is 2.85. The zero-order valence-corrected chi connectivity index (χ0v) is 5.52. The van der Waals surface area contributed by atoms with Gasteiger partial charge >= 0.3 is 0 Å². The molecule has 0 aliphatic carbocycles. The van der Waals surface area contributed by atoms with Gasteiger partial charge in [-0.25, -0.2) is 0 Å². The zero-order chi connectivity index (χ0) is 5.98. The van der Waals surface area contributed by atoms with Crippen molar-refractivity contribution in [2.75, 3.05) is 0 Å². The van der Waals surface area contributed by atoms with Crippen molar-refractivity contribution < 1.29 is 0 Å². The summed E-state index contributed by atoms with van der Waals surface area (Å²) in [5, 5.41) is 0.782. The summed E-state index contributed by atoms with van der Waals surface area (Å²) < 4.78 is 0. The maximum atomic E-state index is 4.04. The molecular weight excluding hydrogens is 118 g/mol. The van der Waals surface area contributed by atoms with Gasteiger partial charge in [0.25, 0.3) is 0 Å². The third-order valence-electron chi connectivity index (χ3n) is 0.901. The van der Waals surface area contributed by atoms with Gasteiger partial charge in [0.15, 0.2) is 0 Å². The van der Waals surface area contributed by atoms with Crippen LogP contribution in [-0.4, -0.2) is 4.98 Å². The lowest BCUT2D eigenvalue weighted by Crippen LogP contribution is -1.74. The Hall–Kier alpha value is -0.500. The van der Waals surface area contributed by atoms with E-state index in [2.05, 4.69) is 17.6 Å². The topological polar surface area (TPSA) is 12.9 Å². The van der Waals surface area contributed by atoms with E-state index in [0.29, 0.717) is 0 Å². The molecule has 0 N–H and O–H groups in total. The van der Waals surface area contributed by atoms with Crippen molar-refractivity contribution in [3.8, 4) is 0 Å². The van der Waals surface area contributed by atoms with Crippen molar-refractivity contribution >= 4 is 12.6 Å². The first-order chi connectivity index (χ1) is 3.79. The molecule has 8 heavy (non-hydrogen) atoms. The van der Waals surface area contributed by atoms with Crippen LogP contribution in [0.15, 0.2) is 23.4 Å². The highest BCUT2D eigenvalue weighted by Crippen LogP contribution is 2.02. The second-order valence-electron chi connectivity index (χ2n) is 1.69. The summed E-state index contributed by atoms with van der Waals surface area (Å²) in [7, 11) is 0. The lowest BCUT2D eigenvalue weighted by atomic mass is 10.3. The summed E-state index contributed by atoms with van der Waals surface area (Å²) in [4.78, 5) is 3.90. The Balaban J connectivity index is 3.08. The van der Waals surface area contributed by atoms with E-state index >= 15 is 0 Å². The van der Waals surface area contributed by atoms with Crippen LogP contribution in [0.2, 0.25) is 0 Å². The molecule has 0 amide bonds. The standard InChI is InChI=1S/C6H7NS/c1-5-2-3-7-6(8)4-5/h2-4H,1H3,(H,7,8). The number of hydrogen-bond donors (Lipinski definition) is 1. The number of rotatable bonds is 0. The molecule has 0 aromatic carbocycles. The summed E-state index contributed by atoms with van der Waals surface area (Å²) in [6.07, 6.45) is 1.75. The fraction of sp³-hybridized carbons (Fsp3) is 0.167. The molecule has 2 heteroatoms. The van der Waals surface area contributed by atoms with Crippen LogP contribution in [0, 0.1) is 6.92 Å². The summed E-state index contributed by atoms with van der Waals surface area (Å²) in [6, 6.07) is 3.86. The van der Waals surface area contributed by atoms with E-state index in [0.717, 1.165) is 5.03 Å². The van der Waals surface area contributed by atoms with Crippen molar-refractivity contribution in [3.05, 3.63) is 23.9 Å². The van der Waals surface area contributed by atoms with Gasteiger partial charge in [0.1, 0.15) is 0 Å². The molecule has 0 radical (unpaired) electrons. The average Bonchev–Trinajstić information content (AvgIpc) is 1.64. The molecule has 0 aliphatic heterocycles. The smallest absolute Gasteiger partial charge is 0.0931 e. The number of aromatic nitrogens is 1. The van der Waals surface area contributed by atoms with Crippen molar-refractivity contribution in [2.24, 2.45) is 0 Å². The van der Waals surface area contributed by atoms with E-state index in [1.807, 2.05) is 19.1 Å². The lowest BCUT2D eigenvalue weighted by molar-refractivity contribution is 1.12. The monoisotopic (exact) mass is 125 g/mol. The molecule has 1 aromatic rings. The van der Waals surface area contributed by atoms with Gasteiger partial charge < -0.3 is 0 Å². The van der Waals surface area contributed by atoms with Gasteiger partial charge in [-0.05, 0) is 24.6 Å². The number of pyridine rings is 1. The first kappa shape index (κ1) is 5.63. The third-order valence-corrected chi connectivity index (χ3v) is 1.15. The molecule has 0 unspecified atom stereocenters. The fourth-order valence-electron chi connectivity index (χ4n) is 0.520. The number of hydrogen-bond acceptors (Lipinski definition) is 2. The van der Waals surface area contributed by atoms with E-state index in [1.165, 1.54) is 5.56 Å². The second-order valence-corrected chi connectivity index (χ2v) is 2.15. The molecule has 1 aromatic heterocycles. The Morgan fingerprint density at radius 2 is 2.38 bits per heavy atom. The van der Waals surface area contributed by atoms with Gasteiger partial charge in [0, 0.05) is 6.20 Å². The largest absolute Gasteiger partial charge is 0.250 e. The van der Waals surface area contributed by atoms with Crippen LogP contribution < -0.4 is 0 Å². The molecule has 0 saturated carbocycles. The van der Waals surface area contributed by atoms with Crippen LogP contribution in [0.5, 0.6) is 0 Å². The zero-order valence-electron chi connectivity index (χ0n) is 4.63. The average molecular weight is 125 g/mol. The molecule has 0 atom stereocenters. The maximum absolute atomic E-state index is 4.04. The predicted molar refractivity (Wildman–Crippen MR) is 36.2 cm³/mol. The SMILES string of the molecule is Cc1ccnc(S)c1. The Bertz CT molecular complexity index is 168. The Morgan fingerprint density at radius 1 is 1.62 bits per heavy atom. The van der Waals surface area contributed by atoms with Gasteiger partial charge in [-0.1, -0.05) is 0 Å². The molecule has 0 fully saturated rings. The normalized spacial score (nSPS) is 9.25. The molecular formula is C6H7NS. The molecule has 1 nitrogen and oxygen atoms in total. The summed E-state index contributed by atoms with van der Waals surface area (Å²) in [5.41, 5.74) is 1.20. The third kappa shape index (κ3) is 1.23. The molecule has 42 valence electrons. The quantitative estimate of drug-likeness (QED) is 0.520. The van der Waals surface area contributed by atoms with Gasteiger partial charge in [0.2, 0.25) is 0 Å². The van der Waals surface area contributed by atoms with Gasteiger partial charge in [0.05, 0.1) is 5.03 Å². The second kappa shape index (κ2) is 2.18. The molecule has 0 spiro atoms. The van der Waals surface area contributed by atoms with Crippen LogP contribution in [0.3, 0.4) is 0 Å². The maximum Gasteiger partial charge on any atom is 0.0931 e. The first-order valence-electron chi connectivity index (χ1n) is 2.40. The van der Waals surface area contributed by atoms with Crippen LogP contribution in [-0.2, 0) is 0 Å². The molecule has 0 aliphatic rings. The van der Waals surface area contributed by atoms with Gasteiger partial charge in [-0.2, -0.15) is 0 Å². The van der Waals surface area contributed by atoms with Crippen LogP contribution in [0.1, 0.15) is 5.56 Å². The predicted octanol–water partition coefficient (Wildman–Crippen LogP) is 1.68. The van der Waals surface area contributed by atoms with Gasteiger partial charge in [-0.3, -0.25) is 4.98 Å².